The van der Waals surface area contributed by atoms with Crippen molar-refractivity contribution in [3.8, 4) is 0 Å². The van der Waals surface area contributed by atoms with Gasteiger partial charge in [-0.15, -0.1) is 0 Å². The summed E-state index contributed by atoms with van der Waals surface area (Å²) in [6, 6.07) is 18.8. The molecule has 31 heavy (non-hydrogen) atoms. The normalized spacial score (nSPS) is 18.4. The first kappa shape index (κ1) is 21.7. The summed E-state index contributed by atoms with van der Waals surface area (Å²) < 4.78 is 5.51. The number of piperazine rings is 1. The smallest absolute Gasteiger partial charge is 0.239 e. The van der Waals surface area contributed by atoms with Crippen molar-refractivity contribution in [1.82, 2.24) is 9.80 Å². The van der Waals surface area contributed by atoms with Gasteiger partial charge in [-0.3, -0.25) is 9.69 Å². The Morgan fingerprint density at radius 2 is 1.55 bits per heavy atom. The number of anilines is 2. The quantitative estimate of drug-likeness (QED) is 0.716. The van der Waals surface area contributed by atoms with Crippen LogP contribution in [0.2, 0.25) is 0 Å². The van der Waals surface area contributed by atoms with Crippen LogP contribution in [0.5, 0.6) is 0 Å². The lowest BCUT2D eigenvalue weighted by molar-refractivity contribution is -0.136. The number of carbonyl (C=O) groups is 1. The van der Waals surface area contributed by atoms with Gasteiger partial charge in [-0.2, -0.15) is 0 Å². The third-order valence-corrected chi connectivity index (χ3v) is 6.49. The number of morpholine rings is 1. The van der Waals surface area contributed by atoms with Crippen molar-refractivity contribution in [1.29, 1.82) is 0 Å². The van der Waals surface area contributed by atoms with E-state index in [2.05, 4.69) is 70.3 Å². The van der Waals surface area contributed by atoms with Gasteiger partial charge in [-0.25, -0.2) is 0 Å². The molecule has 2 aliphatic rings. The molecule has 0 saturated carbocycles. The Bertz CT molecular complexity index is 846. The summed E-state index contributed by atoms with van der Waals surface area (Å²) in [6.45, 7) is 9.47. The molecule has 2 aromatic rings. The monoisotopic (exact) mass is 422 g/mol. The lowest BCUT2D eigenvalue weighted by Crippen LogP contribution is -2.53. The second kappa shape index (κ2) is 10.2. The number of ether oxygens (including phenoxy) is 1. The minimum atomic E-state index is -0.152. The molecule has 2 heterocycles. The molecule has 0 bridgehead atoms. The fourth-order valence-electron chi connectivity index (χ4n) is 4.44. The first-order valence-electron chi connectivity index (χ1n) is 11.3. The number of likely N-dealkylation sites (N-methyl/N-ethyl adjacent to an activating group) is 1. The highest BCUT2D eigenvalue weighted by atomic mass is 16.5. The van der Waals surface area contributed by atoms with E-state index in [0.29, 0.717) is 0 Å². The first-order valence-corrected chi connectivity index (χ1v) is 11.3. The molecule has 2 aromatic carbocycles. The number of hydrogen-bond donors (Lipinski definition) is 0. The van der Waals surface area contributed by atoms with Crippen LogP contribution in [0.1, 0.15) is 12.5 Å². The van der Waals surface area contributed by atoms with E-state index < -0.39 is 0 Å². The zero-order valence-corrected chi connectivity index (χ0v) is 18.7. The minimum Gasteiger partial charge on any atom is -0.378 e. The predicted molar refractivity (Wildman–Crippen MR) is 126 cm³/mol. The number of carbonyl (C=O) groups excluding carboxylic acids is 1. The second-order valence-electron chi connectivity index (χ2n) is 8.47. The molecular formula is C25H34N4O2. The van der Waals surface area contributed by atoms with Crippen LogP contribution in [-0.2, 0) is 16.1 Å². The van der Waals surface area contributed by atoms with Crippen LogP contribution in [0.4, 0.5) is 11.4 Å². The summed E-state index contributed by atoms with van der Waals surface area (Å²) >= 11 is 0. The van der Waals surface area contributed by atoms with Crippen LogP contribution in [0, 0.1) is 0 Å². The molecule has 1 atom stereocenters. The molecular weight excluding hydrogens is 388 g/mol. The van der Waals surface area contributed by atoms with Crippen molar-refractivity contribution in [2.75, 3.05) is 69.3 Å². The van der Waals surface area contributed by atoms with Crippen LogP contribution in [0.15, 0.2) is 54.6 Å². The molecule has 4 rings (SSSR count). The Morgan fingerprint density at radius 1 is 0.903 bits per heavy atom. The maximum Gasteiger partial charge on any atom is 0.239 e. The van der Waals surface area contributed by atoms with E-state index in [-0.39, 0.29) is 11.9 Å². The molecule has 2 fully saturated rings. The van der Waals surface area contributed by atoms with Gasteiger partial charge < -0.3 is 19.4 Å². The summed E-state index contributed by atoms with van der Waals surface area (Å²) in [5, 5.41) is 0. The lowest BCUT2D eigenvalue weighted by atomic mass is 10.1. The van der Waals surface area contributed by atoms with E-state index in [1.807, 2.05) is 17.9 Å². The summed E-state index contributed by atoms with van der Waals surface area (Å²) in [7, 11) is 2.05. The summed E-state index contributed by atoms with van der Waals surface area (Å²) in [6.07, 6.45) is 0. The highest BCUT2D eigenvalue weighted by Crippen LogP contribution is 2.24. The summed E-state index contributed by atoms with van der Waals surface area (Å²) in [4.78, 5) is 22.1. The van der Waals surface area contributed by atoms with Crippen LogP contribution in [0.25, 0.3) is 0 Å². The highest BCUT2D eigenvalue weighted by molar-refractivity contribution is 5.81. The molecule has 166 valence electrons. The zero-order chi connectivity index (χ0) is 21.6. The minimum absolute atomic E-state index is 0.152. The molecule has 2 aliphatic heterocycles. The van der Waals surface area contributed by atoms with Gasteiger partial charge in [0.05, 0.1) is 19.3 Å². The van der Waals surface area contributed by atoms with E-state index >= 15 is 0 Å². The zero-order valence-electron chi connectivity index (χ0n) is 18.7. The fourth-order valence-corrected chi connectivity index (χ4v) is 4.44. The van der Waals surface area contributed by atoms with Gasteiger partial charge in [0.25, 0.3) is 0 Å². The maximum atomic E-state index is 13.2. The van der Waals surface area contributed by atoms with E-state index in [9.17, 15) is 4.79 Å². The number of hydrogen-bond acceptors (Lipinski definition) is 5. The van der Waals surface area contributed by atoms with Crippen LogP contribution >= 0.6 is 0 Å². The molecule has 0 aromatic heterocycles. The topological polar surface area (TPSA) is 39.3 Å². The largest absolute Gasteiger partial charge is 0.378 e. The summed E-state index contributed by atoms with van der Waals surface area (Å²) in [5.74, 6) is 0.221. The SMILES string of the molecule is CC(C(=O)N1CCN(c2ccccc2)CC1)N(C)Cc1ccccc1N1CCOCC1. The Labute approximate surface area is 186 Å². The van der Waals surface area contributed by atoms with Crippen molar-refractivity contribution >= 4 is 17.3 Å². The van der Waals surface area contributed by atoms with Gasteiger partial charge in [0.15, 0.2) is 0 Å². The number of nitrogens with zero attached hydrogens (tertiary/aromatic N) is 4. The van der Waals surface area contributed by atoms with E-state index in [0.717, 1.165) is 59.0 Å². The lowest BCUT2D eigenvalue weighted by Gasteiger charge is -2.38. The van der Waals surface area contributed by atoms with Gasteiger partial charge in [-0.05, 0) is 37.7 Å². The molecule has 0 radical (unpaired) electrons. The molecule has 0 spiro atoms. The molecule has 2 saturated heterocycles. The predicted octanol–water partition coefficient (Wildman–Crippen LogP) is 2.69. The Hall–Kier alpha value is -2.57. The van der Waals surface area contributed by atoms with Crippen LogP contribution < -0.4 is 9.80 Å². The van der Waals surface area contributed by atoms with Crippen molar-refractivity contribution in [3.63, 3.8) is 0 Å². The van der Waals surface area contributed by atoms with Gasteiger partial charge in [-0.1, -0.05) is 36.4 Å². The Kier molecular flexibility index (Phi) is 7.10. The van der Waals surface area contributed by atoms with E-state index in [1.165, 1.54) is 16.9 Å². The fraction of sp³-hybridized carbons (Fsp3) is 0.480. The van der Waals surface area contributed by atoms with Gasteiger partial charge in [0.2, 0.25) is 5.91 Å². The molecule has 6 nitrogen and oxygen atoms in total. The third-order valence-electron chi connectivity index (χ3n) is 6.49. The maximum absolute atomic E-state index is 13.2. The standard InChI is InChI=1S/C25H34N4O2/c1-21(25(30)29-14-12-27(13-15-29)23-9-4-3-5-10-23)26(2)20-22-8-6-7-11-24(22)28-16-18-31-19-17-28/h3-11,21H,12-20H2,1-2H3. The second-order valence-corrected chi connectivity index (χ2v) is 8.47. The number of benzene rings is 2. The van der Waals surface area contributed by atoms with Gasteiger partial charge in [0.1, 0.15) is 0 Å². The average Bonchev–Trinajstić information content (AvgIpc) is 2.84. The van der Waals surface area contributed by atoms with Crippen molar-refractivity contribution in [3.05, 3.63) is 60.2 Å². The van der Waals surface area contributed by atoms with Crippen LogP contribution in [0.3, 0.4) is 0 Å². The molecule has 1 amide bonds. The Balaban J connectivity index is 1.34. The molecule has 0 N–H and O–H groups in total. The number of amides is 1. The van der Waals surface area contributed by atoms with E-state index in [4.69, 9.17) is 4.74 Å². The van der Waals surface area contributed by atoms with Gasteiger partial charge in [0, 0.05) is 57.2 Å². The molecule has 6 heteroatoms. The number of rotatable bonds is 6. The first-order chi connectivity index (χ1) is 15.1. The van der Waals surface area contributed by atoms with E-state index in [1.54, 1.807) is 0 Å². The van der Waals surface area contributed by atoms with Gasteiger partial charge >= 0.3 is 0 Å². The van der Waals surface area contributed by atoms with Crippen molar-refractivity contribution < 1.29 is 9.53 Å². The van der Waals surface area contributed by atoms with Crippen LogP contribution in [-0.4, -0.2) is 81.3 Å². The van der Waals surface area contributed by atoms with Crippen molar-refractivity contribution in [2.24, 2.45) is 0 Å². The average molecular weight is 423 g/mol. The highest BCUT2D eigenvalue weighted by Gasteiger charge is 2.28. The molecule has 1 unspecified atom stereocenters. The molecule has 0 aliphatic carbocycles. The Morgan fingerprint density at radius 3 is 2.26 bits per heavy atom. The van der Waals surface area contributed by atoms with Crippen molar-refractivity contribution in [2.45, 2.75) is 19.5 Å². The summed E-state index contributed by atoms with van der Waals surface area (Å²) in [5.41, 5.74) is 3.76. The number of para-hydroxylation sites is 2. The third kappa shape index (κ3) is 5.20.